The molecule has 0 amide bonds. The third-order valence-corrected chi connectivity index (χ3v) is 3.76. The maximum Gasteiger partial charge on any atom is 0.222 e. The lowest BCUT2D eigenvalue weighted by Crippen LogP contribution is -2.03. The second-order valence-corrected chi connectivity index (χ2v) is 5.80. The topological polar surface area (TPSA) is 109 Å². The molecule has 0 unspecified atom stereocenters. The molecule has 1 aromatic carbocycles. The standard InChI is InChI=1S/C18H20N4O3/c1-10(2)11-7-12(13-5-4-6-24-13)14(23-3)8-15(11)25-16-9-21-18(20)22-17(16)19/h4-10H,1-3H3,(H4,19,20,21,22). The Morgan fingerprint density at radius 3 is 2.52 bits per heavy atom. The van der Waals surface area contributed by atoms with Gasteiger partial charge in [-0.2, -0.15) is 4.98 Å². The number of methoxy groups -OCH3 is 1. The lowest BCUT2D eigenvalue weighted by molar-refractivity contribution is 0.407. The zero-order valence-electron chi connectivity index (χ0n) is 14.3. The van der Waals surface area contributed by atoms with Gasteiger partial charge in [0.05, 0.1) is 25.1 Å². The van der Waals surface area contributed by atoms with Gasteiger partial charge >= 0.3 is 0 Å². The number of nitrogen functional groups attached to an aromatic ring is 2. The highest BCUT2D eigenvalue weighted by atomic mass is 16.5. The fourth-order valence-electron chi connectivity index (χ4n) is 2.51. The zero-order chi connectivity index (χ0) is 18.0. The first-order valence-corrected chi connectivity index (χ1v) is 7.81. The third-order valence-electron chi connectivity index (χ3n) is 3.76. The van der Waals surface area contributed by atoms with Crippen LogP contribution in [-0.4, -0.2) is 17.1 Å². The van der Waals surface area contributed by atoms with E-state index in [0.717, 1.165) is 16.9 Å². The molecule has 0 fully saturated rings. The highest BCUT2D eigenvalue weighted by Gasteiger charge is 2.18. The number of nitrogens with zero attached hydrogens (tertiary/aromatic N) is 2. The molecule has 0 aliphatic carbocycles. The first-order chi connectivity index (χ1) is 12.0. The van der Waals surface area contributed by atoms with Gasteiger partial charge in [0.15, 0.2) is 11.6 Å². The van der Waals surface area contributed by atoms with Crippen molar-refractivity contribution in [2.75, 3.05) is 18.6 Å². The smallest absolute Gasteiger partial charge is 0.222 e. The molecule has 2 aromatic heterocycles. The second kappa shape index (κ2) is 6.72. The Labute approximate surface area is 145 Å². The largest absolute Gasteiger partial charge is 0.496 e. The molecule has 4 N–H and O–H groups in total. The van der Waals surface area contributed by atoms with Crippen molar-refractivity contribution in [1.82, 2.24) is 9.97 Å². The Hall–Kier alpha value is -3.22. The van der Waals surface area contributed by atoms with Gasteiger partial charge in [-0.3, -0.25) is 0 Å². The van der Waals surface area contributed by atoms with E-state index in [0.29, 0.717) is 17.2 Å². The van der Waals surface area contributed by atoms with Gasteiger partial charge in [0.25, 0.3) is 0 Å². The summed E-state index contributed by atoms with van der Waals surface area (Å²) < 4.78 is 17.0. The van der Waals surface area contributed by atoms with Crippen molar-refractivity contribution >= 4 is 11.8 Å². The molecule has 7 heteroatoms. The predicted molar refractivity (Wildman–Crippen MR) is 95.7 cm³/mol. The van der Waals surface area contributed by atoms with Crippen LogP contribution in [0.2, 0.25) is 0 Å². The quantitative estimate of drug-likeness (QED) is 0.726. The van der Waals surface area contributed by atoms with Crippen LogP contribution in [0.25, 0.3) is 11.3 Å². The molecule has 0 radical (unpaired) electrons. The van der Waals surface area contributed by atoms with Gasteiger partial charge < -0.3 is 25.4 Å². The highest BCUT2D eigenvalue weighted by molar-refractivity contribution is 5.70. The fraction of sp³-hybridized carbons (Fsp3) is 0.222. The van der Waals surface area contributed by atoms with E-state index < -0.39 is 0 Å². The van der Waals surface area contributed by atoms with Crippen LogP contribution in [0, 0.1) is 0 Å². The monoisotopic (exact) mass is 340 g/mol. The van der Waals surface area contributed by atoms with Crippen molar-refractivity contribution < 1.29 is 13.9 Å². The van der Waals surface area contributed by atoms with Gasteiger partial charge in [-0.25, -0.2) is 4.98 Å². The summed E-state index contributed by atoms with van der Waals surface area (Å²) in [6.45, 7) is 4.15. The summed E-state index contributed by atoms with van der Waals surface area (Å²) >= 11 is 0. The van der Waals surface area contributed by atoms with Crippen LogP contribution >= 0.6 is 0 Å². The van der Waals surface area contributed by atoms with Gasteiger partial charge in [0.2, 0.25) is 5.95 Å². The van der Waals surface area contributed by atoms with Crippen molar-refractivity contribution in [2.24, 2.45) is 0 Å². The van der Waals surface area contributed by atoms with Crippen LogP contribution in [0.4, 0.5) is 11.8 Å². The maximum atomic E-state index is 5.96. The molecule has 3 rings (SSSR count). The molecule has 0 saturated carbocycles. The number of aromatic nitrogens is 2. The van der Waals surface area contributed by atoms with E-state index in [4.69, 9.17) is 25.4 Å². The number of ether oxygens (including phenoxy) is 2. The number of rotatable bonds is 5. The van der Waals surface area contributed by atoms with E-state index in [9.17, 15) is 0 Å². The minimum Gasteiger partial charge on any atom is -0.496 e. The molecule has 7 nitrogen and oxygen atoms in total. The lowest BCUT2D eigenvalue weighted by Gasteiger charge is -2.18. The van der Waals surface area contributed by atoms with Gasteiger partial charge in [0.1, 0.15) is 17.3 Å². The van der Waals surface area contributed by atoms with Crippen molar-refractivity contribution in [2.45, 2.75) is 19.8 Å². The van der Waals surface area contributed by atoms with Crippen LogP contribution in [0.15, 0.2) is 41.1 Å². The summed E-state index contributed by atoms with van der Waals surface area (Å²) in [6.07, 6.45) is 3.08. The van der Waals surface area contributed by atoms with Gasteiger partial charge in [0, 0.05) is 6.07 Å². The van der Waals surface area contributed by atoms with Crippen LogP contribution in [-0.2, 0) is 0 Å². The van der Waals surface area contributed by atoms with E-state index in [1.807, 2.05) is 24.3 Å². The summed E-state index contributed by atoms with van der Waals surface area (Å²) in [6, 6.07) is 7.52. The zero-order valence-corrected chi connectivity index (χ0v) is 14.3. The second-order valence-electron chi connectivity index (χ2n) is 5.80. The van der Waals surface area contributed by atoms with Crippen LogP contribution in [0.3, 0.4) is 0 Å². The average Bonchev–Trinajstić information content (AvgIpc) is 3.11. The molecule has 0 spiro atoms. The van der Waals surface area contributed by atoms with E-state index >= 15 is 0 Å². The fourth-order valence-corrected chi connectivity index (χ4v) is 2.51. The average molecular weight is 340 g/mol. The van der Waals surface area contributed by atoms with Crippen molar-refractivity contribution in [3.8, 4) is 28.6 Å². The number of furan rings is 1. The van der Waals surface area contributed by atoms with Crippen molar-refractivity contribution in [3.63, 3.8) is 0 Å². The minimum absolute atomic E-state index is 0.0969. The maximum absolute atomic E-state index is 5.96. The van der Waals surface area contributed by atoms with Crippen molar-refractivity contribution in [1.29, 1.82) is 0 Å². The molecule has 0 aliphatic rings. The molecule has 130 valence electrons. The Balaban J connectivity index is 2.09. The summed E-state index contributed by atoms with van der Waals surface area (Å²) in [7, 11) is 1.60. The Morgan fingerprint density at radius 1 is 1.12 bits per heavy atom. The summed E-state index contributed by atoms with van der Waals surface area (Å²) in [5, 5.41) is 0. The molecule has 25 heavy (non-hydrogen) atoms. The predicted octanol–water partition coefficient (Wildman–Crippen LogP) is 3.83. The molecular weight excluding hydrogens is 320 g/mol. The van der Waals surface area contributed by atoms with Crippen LogP contribution in [0.5, 0.6) is 17.2 Å². The van der Waals surface area contributed by atoms with Crippen LogP contribution < -0.4 is 20.9 Å². The van der Waals surface area contributed by atoms with E-state index in [1.165, 1.54) is 6.20 Å². The highest BCUT2D eigenvalue weighted by Crippen LogP contribution is 2.41. The normalized spacial score (nSPS) is 10.9. The lowest BCUT2D eigenvalue weighted by atomic mass is 9.98. The van der Waals surface area contributed by atoms with Gasteiger partial charge in [-0.1, -0.05) is 13.8 Å². The summed E-state index contributed by atoms with van der Waals surface area (Å²) in [4.78, 5) is 7.85. The first-order valence-electron chi connectivity index (χ1n) is 7.81. The molecule has 0 saturated heterocycles. The minimum atomic E-state index is 0.0969. The number of benzene rings is 1. The Morgan fingerprint density at radius 2 is 1.92 bits per heavy atom. The SMILES string of the molecule is COc1cc(Oc2cnc(N)nc2N)c(C(C)C)cc1-c1ccco1. The van der Waals surface area contributed by atoms with E-state index in [1.54, 1.807) is 13.4 Å². The summed E-state index contributed by atoms with van der Waals surface area (Å²) in [5.74, 6) is 2.78. The first kappa shape index (κ1) is 16.6. The number of hydrogen-bond donors (Lipinski definition) is 2. The number of nitrogens with two attached hydrogens (primary N) is 2. The van der Waals surface area contributed by atoms with E-state index in [-0.39, 0.29) is 17.7 Å². The van der Waals surface area contributed by atoms with Gasteiger partial charge in [-0.15, -0.1) is 0 Å². The van der Waals surface area contributed by atoms with Gasteiger partial charge in [-0.05, 0) is 29.7 Å². The number of hydrogen-bond acceptors (Lipinski definition) is 7. The van der Waals surface area contributed by atoms with Crippen LogP contribution in [0.1, 0.15) is 25.3 Å². The Bertz CT molecular complexity index is 876. The molecule has 2 heterocycles. The van der Waals surface area contributed by atoms with Crippen molar-refractivity contribution in [3.05, 3.63) is 42.3 Å². The Kier molecular flexibility index (Phi) is 4.47. The molecule has 0 bridgehead atoms. The molecule has 0 atom stereocenters. The summed E-state index contributed by atoms with van der Waals surface area (Å²) in [5.41, 5.74) is 13.2. The molecule has 0 aliphatic heterocycles. The van der Waals surface area contributed by atoms with E-state index in [2.05, 4.69) is 23.8 Å². The number of anilines is 2. The molecular formula is C18H20N4O3. The third kappa shape index (κ3) is 3.35. The molecule has 3 aromatic rings.